The smallest absolute Gasteiger partial charge is 0.258 e. The van der Waals surface area contributed by atoms with Crippen molar-refractivity contribution in [2.24, 2.45) is 10.9 Å². The number of amides is 1. The Morgan fingerprint density at radius 1 is 1.32 bits per heavy atom. The first-order valence-electron chi connectivity index (χ1n) is 10.2. The second-order valence-corrected chi connectivity index (χ2v) is 7.50. The first kappa shape index (κ1) is 20.5. The fourth-order valence-electron chi connectivity index (χ4n) is 3.37. The van der Waals surface area contributed by atoms with Crippen molar-refractivity contribution < 1.29 is 14.3 Å². The molecule has 154 valence electrons. The van der Waals surface area contributed by atoms with Gasteiger partial charge in [-0.05, 0) is 43.9 Å². The van der Waals surface area contributed by atoms with Crippen molar-refractivity contribution in [3.05, 3.63) is 29.8 Å². The van der Waals surface area contributed by atoms with Crippen molar-refractivity contribution in [3.63, 3.8) is 0 Å². The van der Waals surface area contributed by atoms with Crippen LogP contribution >= 0.6 is 0 Å². The van der Waals surface area contributed by atoms with Crippen LogP contribution in [0.1, 0.15) is 31.7 Å². The van der Waals surface area contributed by atoms with Gasteiger partial charge in [-0.15, -0.1) is 0 Å². The van der Waals surface area contributed by atoms with Crippen molar-refractivity contribution in [3.8, 4) is 5.75 Å². The van der Waals surface area contributed by atoms with Crippen LogP contribution in [0.4, 0.5) is 0 Å². The first-order chi connectivity index (χ1) is 13.7. The normalized spacial score (nSPS) is 19.6. The van der Waals surface area contributed by atoms with Gasteiger partial charge < -0.3 is 25.0 Å². The summed E-state index contributed by atoms with van der Waals surface area (Å²) in [4.78, 5) is 18.9. The van der Waals surface area contributed by atoms with Gasteiger partial charge in [0, 0.05) is 38.7 Å². The Hall–Kier alpha value is -2.28. The quantitative estimate of drug-likeness (QED) is 0.498. The first-order valence-corrected chi connectivity index (χ1v) is 10.2. The Morgan fingerprint density at radius 3 is 2.93 bits per heavy atom. The highest BCUT2D eigenvalue weighted by Crippen LogP contribution is 2.19. The Kier molecular flexibility index (Phi) is 7.54. The van der Waals surface area contributed by atoms with Crippen molar-refractivity contribution in [2.45, 2.75) is 38.8 Å². The molecule has 7 heteroatoms. The predicted octanol–water partition coefficient (Wildman–Crippen LogP) is 1.78. The van der Waals surface area contributed by atoms with E-state index in [9.17, 15) is 4.79 Å². The molecule has 1 aromatic carbocycles. The molecule has 7 nitrogen and oxygen atoms in total. The zero-order valence-corrected chi connectivity index (χ0v) is 16.9. The zero-order valence-electron chi connectivity index (χ0n) is 16.9. The Balaban J connectivity index is 1.54. The molecule has 2 fully saturated rings. The highest BCUT2D eigenvalue weighted by molar-refractivity contribution is 5.80. The molecule has 2 aliphatic rings. The molecule has 0 radical (unpaired) electrons. The largest absolute Gasteiger partial charge is 0.484 e. The third-order valence-corrected chi connectivity index (χ3v) is 4.94. The van der Waals surface area contributed by atoms with E-state index in [1.54, 1.807) is 7.11 Å². The number of aliphatic imine (C=N–C) groups is 1. The maximum atomic E-state index is 11.8. The van der Waals surface area contributed by atoms with E-state index in [1.807, 2.05) is 24.3 Å². The van der Waals surface area contributed by atoms with Crippen molar-refractivity contribution in [2.75, 3.05) is 40.0 Å². The van der Waals surface area contributed by atoms with Gasteiger partial charge in [0.05, 0.1) is 13.2 Å². The number of carbonyl (C=O) groups is 1. The third kappa shape index (κ3) is 6.41. The summed E-state index contributed by atoms with van der Waals surface area (Å²) in [5.74, 6) is 2.15. The molecule has 1 heterocycles. The van der Waals surface area contributed by atoms with Gasteiger partial charge in [-0.1, -0.05) is 12.1 Å². The molecule has 0 bridgehead atoms. The van der Waals surface area contributed by atoms with Gasteiger partial charge in [0.25, 0.3) is 5.91 Å². The fraction of sp³-hybridized carbons (Fsp3) is 0.619. The Morgan fingerprint density at radius 2 is 2.18 bits per heavy atom. The molecule has 2 N–H and O–H groups in total. The molecule has 1 amide bonds. The highest BCUT2D eigenvalue weighted by Gasteiger charge is 2.25. The highest BCUT2D eigenvalue weighted by atomic mass is 16.5. The number of hydrogen-bond donors (Lipinski definition) is 2. The van der Waals surface area contributed by atoms with Gasteiger partial charge >= 0.3 is 0 Å². The third-order valence-electron chi connectivity index (χ3n) is 4.94. The summed E-state index contributed by atoms with van der Waals surface area (Å²) in [6.07, 6.45) is 3.29. The number of guanidine groups is 1. The van der Waals surface area contributed by atoms with Crippen LogP contribution in [0, 0.1) is 5.92 Å². The molecule has 1 saturated heterocycles. The molecule has 1 aliphatic heterocycles. The molecule has 3 rings (SSSR count). The van der Waals surface area contributed by atoms with Crippen molar-refractivity contribution >= 4 is 11.9 Å². The van der Waals surface area contributed by atoms with Crippen LogP contribution in [0.5, 0.6) is 5.75 Å². The maximum Gasteiger partial charge on any atom is 0.258 e. The number of carbonyl (C=O) groups excluding carboxylic acids is 1. The number of nitrogens with zero attached hydrogens (tertiary/aromatic N) is 2. The standard InChI is InChI=1S/C21H32N4O3/c1-3-22-21(25-10-9-17(13-25)14-27-2)23-12-16-5-4-6-19(11-16)28-15-20(26)24-18-7-8-18/h4-6,11,17-18H,3,7-10,12-15H2,1-2H3,(H,22,23)(H,24,26). The summed E-state index contributed by atoms with van der Waals surface area (Å²) >= 11 is 0. The summed E-state index contributed by atoms with van der Waals surface area (Å²) in [6.45, 7) is 6.31. The van der Waals surface area contributed by atoms with Gasteiger partial charge in [-0.25, -0.2) is 4.99 Å². The van der Waals surface area contributed by atoms with E-state index >= 15 is 0 Å². The molecule has 1 unspecified atom stereocenters. The van der Waals surface area contributed by atoms with Crippen molar-refractivity contribution in [1.82, 2.24) is 15.5 Å². The van der Waals surface area contributed by atoms with Crippen LogP contribution in [0.25, 0.3) is 0 Å². The Labute approximate surface area is 167 Å². The van der Waals surface area contributed by atoms with E-state index in [4.69, 9.17) is 14.5 Å². The molecular formula is C21H32N4O3. The number of hydrogen-bond acceptors (Lipinski definition) is 4. The van der Waals surface area contributed by atoms with E-state index in [2.05, 4.69) is 22.5 Å². The topological polar surface area (TPSA) is 75.2 Å². The minimum Gasteiger partial charge on any atom is -0.484 e. The number of nitrogens with one attached hydrogen (secondary N) is 2. The SMILES string of the molecule is CCNC(=NCc1cccc(OCC(=O)NC2CC2)c1)N1CCC(COC)C1. The van der Waals surface area contributed by atoms with Crippen LogP contribution in [-0.2, 0) is 16.1 Å². The molecule has 1 aliphatic carbocycles. The van der Waals surface area contributed by atoms with Crippen LogP contribution in [0.3, 0.4) is 0 Å². The predicted molar refractivity (Wildman–Crippen MR) is 109 cm³/mol. The van der Waals surface area contributed by atoms with Gasteiger partial charge in [-0.2, -0.15) is 0 Å². The minimum absolute atomic E-state index is 0.0556. The zero-order chi connectivity index (χ0) is 19.8. The molecule has 1 saturated carbocycles. The summed E-state index contributed by atoms with van der Waals surface area (Å²) in [5, 5.41) is 6.32. The minimum atomic E-state index is -0.0556. The van der Waals surface area contributed by atoms with Crippen LogP contribution in [0.2, 0.25) is 0 Å². The number of likely N-dealkylation sites (tertiary alicyclic amines) is 1. The van der Waals surface area contributed by atoms with E-state index in [0.29, 0.717) is 24.3 Å². The summed E-state index contributed by atoms with van der Waals surface area (Å²) in [6, 6.07) is 8.15. The van der Waals surface area contributed by atoms with Gasteiger partial charge in [0.1, 0.15) is 5.75 Å². The Bertz CT molecular complexity index is 675. The van der Waals surface area contributed by atoms with Crippen LogP contribution in [0.15, 0.2) is 29.3 Å². The lowest BCUT2D eigenvalue weighted by Gasteiger charge is -2.21. The number of benzene rings is 1. The van der Waals surface area contributed by atoms with Crippen LogP contribution < -0.4 is 15.4 Å². The van der Waals surface area contributed by atoms with E-state index in [1.165, 1.54) is 0 Å². The van der Waals surface area contributed by atoms with Crippen LogP contribution in [-0.4, -0.2) is 62.8 Å². The second-order valence-electron chi connectivity index (χ2n) is 7.50. The lowest BCUT2D eigenvalue weighted by atomic mass is 10.1. The molecular weight excluding hydrogens is 356 g/mol. The number of methoxy groups -OCH3 is 1. The molecule has 28 heavy (non-hydrogen) atoms. The van der Waals surface area contributed by atoms with Crippen molar-refractivity contribution in [1.29, 1.82) is 0 Å². The average Bonchev–Trinajstić information content (AvgIpc) is 3.39. The lowest BCUT2D eigenvalue weighted by molar-refractivity contribution is -0.123. The summed E-state index contributed by atoms with van der Waals surface area (Å²) in [7, 11) is 1.76. The molecule has 0 spiro atoms. The summed E-state index contributed by atoms with van der Waals surface area (Å²) in [5.41, 5.74) is 1.06. The van der Waals surface area contributed by atoms with Gasteiger partial charge in [0.15, 0.2) is 12.6 Å². The number of ether oxygens (including phenoxy) is 2. The lowest BCUT2D eigenvalue weighted by Crippen LogP contribution is -2.40. The average molecular weight is 389 g/mol. The van der Waals surface area contributed by atoms with E-state index < -0.39 is 0 Å². The maximum absolute atomic E-state index is 11.8. The monoisotopic (exact) mass is 388 g/mol. The van der Waals surface area contributed by atoms with E-state index in [0.717, 1.165) is 57.0 Å². The second kappa shape index (κ2) is 10.3. The summed E-state index contributed by atoms with van der Waals surface area (Å²) < 4.78 is 10.9. The molecule has 1 aromatic rings. The van der Waals surface area contributed by atoms with E-state index in [-0.39, 0.29) is 12.5 Å². The number of rotatable bonds is 9. The molecule has 1 atom stereocenters. The van der Waals surface area contributed by atoms with Gasteiger partial charge in [-0.3, -0.25) is 4.79 Å². The fourth-order valence-corrected chi connectivity index (χ4v) is 3.37. The molecule has 0 aromatic heterocycles. The van der Waals surface area contributed by atoms with Gasteiger partial charge in [0.2, 0.25) is 0 Å².